The maximum absolute atomic E-state index is 5.56. The molecule has 0 amide bonds. The second-order valence-electron chi connectivity index (χ2n) is 5.37. The summed E-state index contributed by atoms with van der Waals surface area (Å²) in [5, 5.41) is 0. The van der Waals surface area contributed by atoms with E-state index >= 15 is 0 Å². The molecule has 0 fully saturated rings. The van der Waals surface area contributed by atoms with Crippen molar-refractivity contribution in [1.82, 2.24) is 9.97 Å². The van der Waals surface area contributed by atoms with Gasteiger partial charge in [-0.25, -0.2) is 4.98 Å². The van der Waals surface area contributed by atoms with Crippen molar-refractivity contribution in [3.8, 4) is 17.1 Å². The number of benzene rings is 1. The number of hydrogen-bond donors (Lipinski definition) is 1. The molecule has 0 aliphatic heterocycles. The van der Waals surface area contributed by atoms with Crippen LogP contribution in [0.3, 0.4) is 0 Å². The van der Waals surface area contributed by atoms with Crippen LogP contribution in [0.4, 0.5) is 0 Å². The number of hydrogen-bond acceptors (Lipinski definition) is 3. The average Bonchev–Trinajstić information content (AvgIpc) is 2.73. The molecule has 1 aliphatic rings. The summed E-state index contributed by atoms with van der Waals surface area (Å²) in [7, 11) is 0. The van der Waals surface area contributed by atoms with E-state index in [1.165, 1.54) is 30.5 Å². The third-order valence-electron chi connectivity index (χ3n) is 3.88. The first kappa shape index (κ1) is 14.3. The summed E-state index contributed by atoms with van der Waals surface area (Å²) < 4.78 is 6.32. The molecule has 110 valence electrons. The maximum atomic E-state index is 5.56. The third-order valence-corrected chi connectivity index (χ3v) is 4.21. The number of aromatic nitrogens is 2. The molecular formula is C17H20N2OS. The summed E-state index contributed by atoms with van der Waals surface area (Å²) in [5.41, 5.74) is 3.54. The predicted octanol–water partition coefficient (Wildman–Crippen LogP) is 4.47. The molecule has 0 spiro atoms. The van der Waals surface area contributed by atoms with Gasteiger partial charge in [-0.05, 0) is 44.7 Å². The fourth-order valence-electron chi connectivity index (χ4n) is 2.83. The van der Waals surface area contributed by atoms with Crippen molar-refractivity contribution < 1.29 is 4.74 Å². The van der Waals surface area contributed by atoms with Crippen LogP contribution in [0.1, 0.15) is 37.4 Å². The van der Waals surface area contributed by atoms with Crippen LogP contribution in [-0.4, -0.2) is 16.6 Å². The van der Waals surface area contributed by atoms with Gasteiger partial charge in [0.2, 0.25) is 0 Å². The van der Waals surface area contributed by atoms with E-state index in [4.69, 9.17) is 17.0 Å². The number of rotatable bonds is 3. The summed E-state index contributed by atoms with van der Waals surface area (Å²) >= 11 is 5.51. The van der Waals surface area contributed by atoms with Crippen molar-refractivity contribution in [3.63, 3.8) is 0 Å². The fraction of sp³-hybridized carbons (Fsp3) is 0.412. The zero-order chi connectivity index (χ0) is 14.7. The van der Waals surface area contributed by atoms with Gasteiger partial charge in [0.15, 0.2) is 0 Å². The Balaban J connectivity index is 2.03. The van der Waals surface area contributed by atoms with Crippen molar-refractivity contribution in [2.45, 2.75) is 39.0 Å². The molecule has 0 bridgehead atoms. The van der Waals surface area contributed by atoms with Crippen LogP contribution in [0, 0.1) is 4.64 Å². The minimum atomic E-state index is 0.664. The molecule has 21 heavy (non-hydrogen) atoms. The van der Waals surface area contributed by atoms with E-state index in [0.29, 0.717) is 6.61 Å². The van der Waals surface area contributed by atoms with Gasteiger partial charge in [0.1, 0.15) is 16.2 Å². The lowest BCUT2D eigenvalue weighted by Crippen LogP contribution is -2.02. The molecule has 0 radical (unpaired) electrons. The molecule has 1 aliphatic carbocycles. The van der Waals surface area contributed by atoms with Gasteiger partial charge in [-0.1, -0.05) is 30.8 Å². The van der Waals surface area contributed by atoms with E-state index in [1.54, 1.807) is 0 Å². The number of nitrogens with zero attached hydrogens (tertiary/aromatic N) is 1. The van der Waals surface area contributed by atoms with Gasteiger partial charge >= 0.3 is 0 Å². The molecule has 0 saturated carbocycles. The first-order valence-electron chi connectivity index (χ1n) is 7.63. The van der Waals surface area contributed by atoms with Gasteiger partial charge in [-0.2, -0.15) is 0 Å². The summed E-state index contributed by atoms with van der Waals surface area (Å²) in [4.78, 5) is 8.10. The Bertz CT molecular complexity index is 693. The van der Waals surface area contributed by atoms with Gasteiger partial charge in [-0.3, -0.25) is 0 Å². The highest BCUT2D eigenvalue weighted by Crippen LogP contribution is 2.25. The lowest BCUT2D eigenvalue weighted by Gasteiger charge is -2.10. The molecule has 2 aromatic rings. The van der Waals surface area contributed by atoms with Crippen molar-refractivity contribution >= 4 is 12.2 Å². The zero-order valence-electron chi connectivity index (χ0n) is 12.3. The maximum Gasteiger partial charge on any atom is 0.139 e. The quantitative estimate of drug-likeness (QED) is 0.671. The second-order valence-corrected chi connectivity index (χ2v) is 5.76. The van der Waals surface area contributed by atoms with Gasteiger partial charge < -0.3 is 9.72 Å². The number of nitrogens with one attached hydrogen (secondary N) is 1. The molecule has 1 N–H and O–H groups in total. The highest BCUT2D eigenvalue weighted by atomic mass is 32.1. The van der Waals surface area contributed by atoms with Gasteiger partial charge in [0.05, 0.1) is 6.61 Å². The Kier molecular flexibility index (Phi) is 4.34. The average molecular weight is 300 g/mol. The fourth-order valence-corrected chi connectivity index (χ4v) is 3.15. The summed E-state index contributed by atoms with van der Waals surface area (Å²) in [6.45, 7) is 2.65. The van der Waals surface area contributed by atoms with Crippen LogP contribution in [0.15, 0.2) is 24.3 Å². The minimum Gasteiger partial charge on any atom is -0.494 e. The molecule has 0 atom stereocenters. The molecule has 4 heteroatoms. The Morgan fingerprint density at radius 3 is 2.95 bits per heavy atom. The van der Waals surface area contributed by atoms with Crippen LogP contribution in [0.25, 0.3) is 11.4 Å². The highest BCUT2D eigenvalue weighted by Gasteiger charge is 2.13. The van der Waals surface area contributed by atoms with E-state index in [1.807, 2.05) is 31.2 Å². The van der Waals surface area contributed by atoms with Crippen LogP contribution in [0.5, 0.6) is 5.75 Å². The normalized spacial score (nSPS) is 14.3. The Hall–Kier alpha value is -1.68. The van der Waals surface area contributed by atoms with E-state index in [0.717, 1.165) is 34.6 Å². The SMILES string of the molecule is CCOc1cccc(-c2nc(=S)c3c([nH]2)CCCCC3)c1. The monoisotopic (exact) mass is 300 g/mol. The van der Waals surface area contributed by atoms with Crippen LogP contribution < -0.4 is 4.74 Å². The second kappa shape index (κ2) is 6.39. The molecule has 0 unspecified atom stereocenters. The molecule has 3 nitrogen and oxygen atoms in total. The molecule has 1 heterocycles. The number of ether oxygens (including phenoxy) is 1. The van der Waals surface area contributed by atoms with E-state index < -0.39 is 0 Å². The lowest BCUT2D eigenvalue weighted by atomic mass is 10.1. The highest BCUT2D eigenvalue weighted by molar-refractivity contribution is 7.71. The Labute approximate surface area is 130 Å². The summed E-state index contributed by atoms with van der Waals surface area (Å²) in [6, 6.07) is 8.01. The van der Waals surface area contributed by atoms with Crippen LogP contribution in [0.2, 0.25) is 0 Å². The van der Waals surface area contributed by atoms with Gasteiger partial charge in [0, 0.05) is 16.8 Å². The standard InChI is InChI=1S/C17H20N2OS/c1-2-20-13-8-6-7-12(11-13)16-18-15-10-5-3-4-9-14(15)17(21)19-16/h6-8,11H,2-5,9-10H2,1H3,(H,18,19,21). The topological polar surface area (TPSA) is 37.9 Å². The Morgan fingerprint density at radius 1 is 1.24 bits per heavy atom. The van der Waals surface area contributed by atoms with Crippen LogP contribution in [-0.2, 0) is 12.8 Å². The van der Waals surface area contributed by atoms with Gasteiger partial charge in [0.25, 0.3) is 0 Å². The van der Waals surface area contributed by atoms with Crippen molar-refractivity contribution in [3.05, 3.63) is 40.2 Å². The van der Waals surface area contributed by atoms with E-state index in [-0.39, 0.29) is 0 Å². The van der Waals surface area contributed by atoms with Crippen LogP contribution >= 0.6 is 12.2 Å². The summed E-state index contributed by atoms with van der Waals surface area (Å²) in [6.07, 6.45) is 5.83. The first-order chi connectivity index (χ1) is 10.3. The largest absolute Gasteiger partial charge is 0.494 e. The minimum absolute atomic E-state index is 0.664. The number of fused-ring (bicyclic) bond motifs is 1. The molecular weight excluding hydrogens is 280 g/mol. The summed E-state index contributed by atoms with van der Waals surface area (Å²) in [5.74, 6) is 1.72. The molecule has 0 saturated heterocycles. The third kappa shape index (κ3) is 3.16. The smallest absolute Gasteiger partial charge is 0.139 e. The Morgan fingerprint density at radius 2 is 2.10 bits per heavy atom. The van der Waals surface area contributed by atoms with Crippen molar-refractivity contribution in [1.29, 1.82) is 0 Å². The predicted molar refractivity (Wildman–Crippen MR) is 87.3 cm³/mol. The number of aromatic amines is 1. The molecule has 3 rings (SSSR count). The molecule has 1 aromatic carbocycles. The van der Waals surface area contributed by atoms with Crippen molar-refractivity contribution in [2.24, 2.45) is 0 Å². The first-order valence-corrected chi connectivity index (χ1v) is 8.04. The zero-order valence-corrected chi connectivity index (χ0v) is 13.1. The lowest BCUT2D eigenvalue weighted by molar-refractivity contribution is 0.340. The van der Waals surface area contributed by atoms with Gasteiger partial charge in [-0.15, -0.1) is 0 Å². The van der Waals surface area contributed by atoms with Crippen molar-refractivity contribution in [2.75, 3.05) is 6.61 Å². The van der Waals surface area contributed by atoms with E-state index in [9.17, 15) is 0 Å². The number of aryl methyl sites for hydroxylation is 1. The number of H-pyrrole nitrogens is 1. The molecule has 1 aromatic heterocycles. The van der Waals surface area contributed by atoms with E-state index in [2.05, 4.69) is 9.97 Å².